The first-order valence-electron chi connectivity index (χ1n) is 63.4. The van der Waals surface area contributed by atoms with Crippen molar-refractivity contribution in [3.63, 3.8) is 0 Å². The second-order valence-electron chi connectivity index (χ2n) is 44.4. The molecular formula is C128H256O10. The molecule has 828 valence electrons. The number of carboxylic acid groups (broad SMARTS) is 4. The fourth-order valence-corrected chi connectivity index (χ4v) is 21.1. The first kappa shape index (κ1) is 144. The maximum absolute atomic E-state index is 11.9. The van der Waals surface area contributed by atoms with Crippen LogP contribution < -0.4 is 0 Å². The minimum absolute atomic E-state index is 0.0225. The predicted octanol–water partition coefficient (Wildman–Crippen LogP) is 45.6. The molecule has 0 saturated heterocycles. The zero-order valence-electron chi connectivity index (χ0n) is 97.1. The van der Waals surface area contributed by atoms with Crippen LogP contribution in [-0.4, -0.2) is 56.4 Å². The van der Waals surface area contributed by atoms with Crippen LogP contribution in [0, 0.1) is 21.7 Å². The lowest BCUT2D eigenvalue weighted by atomic mass is 9.76. The third-order valence-electron chi connectivity index (χ3n) is 32.0. The maximum atomic E-state index is 11.9. The van der Waals surface area contributed by atoms with Crippen LogP contribution >= 0.6 is 0 Å². The van der Waals surface area contributed by atoms with Crippen molar-refractivity contribution in [2.24, 2.45) is 21.7 Å². The van der Waals surface area contributed by atoms with Crippen LogP contribution in [0.2, 0.25) is 0 Å². The Hall–Kier alpha value is -2.65. The van der Waals surface area contributed by atoms with Crippen LogP contribution in [0.5, 0.6) is 0 Å². The van der Waals surface area contributed by atoms with Gasteiger partial charge in [-0.15, -0.1) is 0 Å². The number of unbranched alkanes of at least 4 members (excludes halogenated alkanes) is 78. The number of carbonyl (C=O) groups is 5. The van der Waals surface area contributed by atoms with E-state index in [-0.39, 0.29) is 12.1 Å². The van der Waals surface area contributed by atoms with Gasteiger partial charge in [-0.2, -0.15) is 0 Å². The highest BCUT2D eigenvalue weighted by atomic mass is 16.5. The molecule has 138 heavy (non-hydrogen) atoms. The number of hydrogen-bond donors (Lipinski definition) is 4. The Kier molecular flexibility index (Phi) is 121. The number of ether oxygens (including phenoxy) is 1. The maximum Gasteiger partial charge on any atom is 0.309 e. The van der Waals surface area contributed by atoms with Gasteiger partial charge in [-0.3, -0.25) is 24.0 Å². The molecule has 0 aromatic heterocycles. The topological polar surface area (TPSA) is 176 Å². The summed E-state index contributed by atoms with van der Waals surface area (Å²) in [5, 5.41) is 39.1. The molecule has 0 aliphatic carbocycles. The third-order valence-corrected chi connectivity index (χ3v) is 32.0. The Balaban J connectivity index is -0.000000536. The number of esters is 1. The molecule has 0 spiro atoms. The van der Waals surface area contributed by atoms with E-state index < -0.39 is 45.5 Å². The summed E-state index contributed by atoms with van der Waals surface area (Å²) >= 11 is 0. The summed E-state index contributed by atoms with van der Waals surface area (Å²) in [6, 6.07) is 0. The smallest absolute Gasteiger partial charge is 0.309 e. The van der Waals surface area contributed by atoms with E-state index in [2.05, 4.69) is 104 Å². The molecule has 0 aliphatic heterocycles. The molecule has 0 amide bonds. The van der Waals surface area contributed by atoms with Gasteiger partial charge in [-0.05, 0) is 103 Å². The lowest BCUT2D eigenvalue weighted by Gasteiger charge is -2.28. The molecule has 0 aliphatic rings. The van der Waals surface area contributed by atoms with Crippen LogP contribution in [0.3, 0.4) is 0 Å². The van der Waals surface area contributed by atoms with Crippen molar-refractivity contribution < 1.29 is 49.1 Å². The van der Waals surface area contributed by atoms with Crippen molar-refractivity contribution >= 4 is 29.8 Å². The first-order chi connectivity index (χ1) is 67.2. The van der Waals surface area contributed by atoms with Gasteiger partial charge in [0.1, 0.15) is 6.10 Å². The Bertz CT molecular complexity index is 2330. The van der Waals surface area contributed by atoms with E-state index >= 15 is 0 Å². The molecule has 0 aromatic rings. The number of hydrogen-bond acceptors (Lipinski definition) is 6. The second-order valence-corrected chi connectivity index (χ2v) is 44.4. The summed E-state index contributed by atoms with van der Waals surface area (Å²) < 4.78 is 5.60. The van der Waals surface area contributed by atoms with E-state index in [1.165, 1.54) is 507 Å². The van der Waals surface area contributed by atoms with Crippen molar-refractivity contribution in [2.75, 3.05) is 0 Å². The molecule has 0 aromatic carbocycles. The molecule has 10 nitrogen and oxygen atoms in total. The Labute approximate surface area is 866 Å². The summed E-state index contributed by atoms with van der Waals surface area (Å²) in [6.45, 7) is 32.8. The minimum Gasteiger partial charge on any atom is -0.481 e. The SMILES string of the molecule is CCCCCCCCCCCCCC(=O)OC(CC)CCCCC.CCCCCCCCCCCCCCC(CC)(CCCCCC)C(=O)O.CCCCCCCCCCCCCCCCC(CC)(CCCCCC)C(=O)O.CCCCCCCCCCCCCCCCC(CC)(CCCCCC)C(=O)O.CCCCCCCCCCCCCCCCCCCCC(CC)(CCCCCC)C(=O)O. The van der Waals surface area contributed by atoms with E-state index in [0.29, 0.717) is 6.42 Å². The molecule has 0 fully saturated rings. The first-order valence-corrected chi connectivity index (χ1v) is 63.4. The van der Waals surface area contributed by atoms with Gasteiger partial charge in [0.05, 0.1) is 21.7 Å². The van der Waals surface area contributed by atoms with Gasteiger partial charge >= 0.3 is 29.8 Å². The van der Waals surface area contributed by atoms with Crippen molar-refractivity contribution in [1.29, 1.82) is 0 Å². The summed E-state index contributed by atoms with van der Waals surface area (Å²) in [5.74, 6) is -2.19. The molecule has 5 unspecified atom stereocenters. The number of carboxylic acids is 4. The zero-order valence-corrected chi connectivity index (χ0v) is 97.1. The summed E-state index contributed by atoms with van der Waals surface area (Å²) in [4.78, 5) is 59.4. The van der Waals surface area contributed by atoms with Crippen LogP contribution in [0.4, 0.5) is 0 Å². The van der Waals surface area contributed by atoms with E-state index in [1.54, 1.807) is 0 Å². The Morgan fingerprint density at radius 1 is 0.167 bits per heavy atom. The van der Waals surface area contributed by atoms with E-state index in [1.807, 2.05) is 0 Å². The third kappa shape index (κ3) is 96.8. The molecule has 0 heterocycles. The summed E-state index contributed by atoms with van der Waals surface area (Å²) in [6.07, 6.45) is 129. The van der Waals surface area contributed by atoms with Crippen molar-refractivity contribution in [3.8, 4) is 0 Å². The van der Waals surface area contributed by atoms with Gasteiger partial charge in [0.15, 0.2) is 0 Å². The van der Waals surface area contributed by atoms with Crippen molar-refractivity contribution in [3.05, 3.63) is 0 Å². The molecule has 0 saturated carbocycles. The van der Waals surface area contributed by atoms with E-state index in [4.69, 9.17) is 4.74 Å². The largest absolute Gasteiger partial charge is 0.481 e. The molecule has 0 bridgehead atoms. The summed E-state index contributed by atoms with van der Waals surface area (Å²) in [7, 11) is 0. The van der Waals surface area contributed by atoms with Crippen LogP contribution in [0.15, 0.2) is 0 Å². The standard InChI is InChI=1S/C30H60O2.2C26H52O2.C24H48O2.C22H44O2/c1-4-7-9-11-12-13-14-15-16-17-18-19-20-21-22-23-24-26-28-30(6-3,29(31)32)27-25-10-8-5-2;2*1-4-7-9-11-12-13-14-15-16-17-18-19-20-22-24-26(6-3,25(27)28)23-21-10-8-5-2;1-4-7-9-11-12-13-14-15-16-17-18-20-22-24(6-3,23(25)26)21-19-10-8-5-2;1-4-7-9-10-11-12-13-14-15-16-18-20-22(23)24-21(6-3)19-17-8-5-2/h4-28H2,1-3H3,(H,31,32);2*4-24H2,1-3H3,(H,27,28);4-22H2,1-3H3,(H,25,26);21H,4-20H2,1-3H3. The number of aliphatic carboxylic acids is 4. The van der Waals surface area contributed by atoms with Crippen LogP contribution in [0.1, 0.15) is 765 Å². The summed E-state index contributed by atoms with van der Waals surface area (Å²) in [5.41, 5.74) is -1.81. The van der Waals surface area contributed by atoms with E-state index in [0.717, 1.165) is 148 Å². The molecule has 4 N–H and O–H groups in total. The lowest BCUT2D eigenvalue weighted by molar-refractivity contribution is -0.151. The average molecular weight is 1960 g/mol. The normalized spacial score (nSPS) is 13.3. The fraction of sp³-hybridized carbons (Fsp3) is 0.961. The average Bonchev–Trinajstić information content (AvgIpc) is 0.871. The minimum atomic E-state index is -0.556. The lowest BCUT2D eigenvalue weighted by Crippen LogP contribution is -2.30. The van der Waals surface area contributed by atoms with Crippen molar-refractivity contribution in [2.45, 2.75) is 771 Å². The van der Waals surface area contributed by atoms with Crippen LogP contribution in [0.25, 0.3) is 0 Å². The van der Waals surface area contributed by atoms with Gasteiger partial charge in [0, 0.05) is 6.42 Å². The molecule has 0 radical (unpaired) electrons. The quantitative estimate of drug-likeness (QED) is 0.0339. The van der Waals surface area contributed by atoms with E-state index in [9.17, 15) is 44.4 Å². The monoisotopic (exact) mass is 1950 g/mol. The highest BCUT2D eigenvalue weighted by Gasteiger charge is 2.38. The van der Waals surface area contributed by atoms with Gasteiger partial charge in [-0.25, -0.2) is 0 Å². The van der Waals surface area contributed by atoms with Gasteiger partial charge in [0.2, 0.25) is 0 Å². The van der Waals surface area contributed by atoms with Gasteiger partial charge in [-0.1, -0.05) is 656 Å². The second kappa shape index (κ2) is 116. The van der Waals surface area contributed by atoms with Gasteiger partial charge in [0.25, 0.3) is 0 Å². The highest BCUT2D eigenvalue weighted by Crippen LogP contribution is 2.40. The number of rotatable bonds is 108. The molecule has 5 atom stereocenters. The molecular weight excluding hydrogens is 1700 g/mol. The zero-order chi connectivity index (χ0) is 103. The fourth-order valence-electron chi connectivity index (χ4n) is 21.1. The van der Waals surface area contributed by atoms with Crippen molar-refractivity contribution in [1.82, 2.24) is 0 Å². The predicted molar refractivity (Wildman–Crippen MR) is 611 cm³/mol. The number of carbonyl (C=O) groups excluding carboxylic acids is 1. The molecule has 10 heteroatoms. The highest BCUT2D eigenvalue weighted by molar-refractivity contribution is 5.76. The van der Waals surface area contributed by atoms with Crippen LogP contribution in [-0.2, 0) is 28.7 Å². The Morgan fingerprint density at radius 2 is 0.283 bits per heavy atom. The van der Waals surface area contributed by atoms with Gasteiger partial charge < -0.3 is 25.2 Å². The Morgan fingerprint density at radius 3 is 0.406 bits per heavy atom. The molecule has 0 rings (SSSR count).